The van der Waals surface area contributed by atoms with Gasteiger partial charge in [-0.1, -0.05) is 17.7 Å². The molecule has 0 atom stereocenters. The summed E-state index contributed by atoms with van der Waals surface area (Å²) in [5.41, 5.74) is 0.123. The molecular formula is C10H9ClN4O3. The van der Waals surface area contributed by atoms with E-state index in [1.165, 1.54) is 27.7 Å². The Hall–Kier alpha value is -2.15. The van der Waals surface area contributed by atoms with Crippen LogP contribution in [-0.2, 0) is 13.6 Å². The Morgan fingerprint density at radius 2 is 2.22 bits per heavy atom. The van der Waals surface area contributed by atoms with Crippen LogP contribution in [0.5, 0.6) is 0 Å². The molecule has 0 bridgehead atoms. The highest BCUT2D eigenvalue weighted by Gasteiger charge is 2.13. The zero-order valence-electron chi connectivity index (χ0n) is 9.41. The van der Waals surface area contributed by atoms with Crippen LogP contribution >= 0.6 is 11.6 Å². The Labute approximate surface area is 106 Å². The number of halogens is 1. The van der Waals surface area contributed by atoms with Gasteiger partial charge in [0.1, 0.15) is 11.3 Å². The van der Waals surface area contributed by atoms with Gasteiger partial charge in [0.2, 0.25) is 0 Å². The number of aromatic nitrogens is 3. The minimum Gasteiger partial charge on any atom is -0.285 e. The molecule has 0 fully saturated rings. The molecule has 2 aromatic rings. The molecule has 0 N–H and O–H groups in total. The van der Waals surface area contributed by atoms with Crippen LogP contribution in [0.4, 0.5) is 5.69 Å². The van der Waals surface area contributed by atoms with Crippen molar-refractivity contribution in [3.05, 3.63) is 55.7 Å². The Kier molecular flexibility index (Phi) is 3.15. The minimum absolute atomic E-state index is 0.0668. The molecule has 1 aromatic heterocycles. The van der Waals surface area contributed by atoms with Crippen LogP contribution in [0.1, 0.15) is 5.56 Å². The standard InChI is InChI=1S/C10H9ClN4O3/c1-13-6-12-14(10(13)16)5-7-2-3-8(11)9(4-7)15(17)18/h2-4,6H,5H2,1H3. The normalized spacial score (nSPS) is 10.6. The molecule has 94 valence electrons. The zero-order valence-corrected chi connectivity index (χ0v) is 10.2. The Bertz CT molecular complexity index is 661. The summed E-state index contributed by atoms with van der Waals surface area (Å²) in [6.07, 6.45) is 1.38. The van der Waals surface area contributed by atoms with Crippen LogP contribution in [0.2, 0.25) is 5.02 Å². The van der Waals surface area contributed by atoms with Gasteiger partial charge in [-0.3, -0.25) is 14.7 Å². The molecule has 2 rings (SSSR count). The first kappa shape index (κ1) is 12.3. The van der Waals surface area contributed by atoms with Gasteiger partial charge in [0.05, 0.1) is 11.5 Å². The van der Waals surface area contributed by atoms with Crippen LogP contribution in [-0.4, -0.2) is 19.3 Å². The first-order chi connectivity index (χ1) is 8.49. The molecule has 0 radical (unpaired) electrons. The summed E-state index contributed by atoms with van der Waals surface area (Å²) < 4.78 is 2.54. The van der Waals surface area contributed by atoms with E-state index in [-0.39, 0.29) is 22.9 Å². The van der Waals surface area contributed by atoms with Crippen molar-refractivity contribution in [2.75, 3.05) is 0 Å². The topological polar surface area (TPSA) is 83.0 Å². The van der Waals surface area contributed by atoms with Gasteiger partial charge >= 0.3 is 5.69 Å². The molecule has 0 amide bonds. The van der Waals surface area contributed by atoms with E-state index in [2.05, 4.69) is 5.10 Å². The highest BCUT2D eigenvalue weighted by atomic mass is 35.5. The van der Waals surface area contributed by atoms with Gasteiger partial charge in [0.25, 0.3) is 5.69 Å². The molecule has 0 saturated heterocycles. The van der Waals surface area contributed by atoms with Crippen LogP contribution in [0, 0.1) is 10.1 Å². The SMILES string of the molecule is Cn1cnn(Cc2ccc(Cl)c([N+](=O)[O-])c2)c1=O. The highest BCUT2D eigenvalue weighted by molar-refractivity contribution is 6.32. The molecular weight excluding hydrogens is 260 g/mol. The number of rotatable bonds is 3. The summed E-state index contributed by atoms with van der Waals surface area (Å²) in [6.45, 7) is 0.164. The maximum atomic E-state index is 11.6. The smallest absolute Gasteiger partial charge is 0.285 e. The van der Waals surface area contributed by atoms with Gasteiger partial charge in [-0.15, -0.1) is 0 Å². The Morgan fingerprint density at radius 1 is 1.50 bits per heavy atom. The van der Waals surface area contributed by atoms with Crippen molar-refractivity contribution in [2.24, 2.45) is 7.05 Å². The third kappa shape index (κ3) is 2.25. The van der Waals surface area contributed by atoms with E-state index in [0.29, 0.717) is 5.56 Å². The van der Waals surface area contributed by atoms with Crippen molar-refractivity contribution in [3.63, 3.8) is 0 Å². The predicted molar refractivity (Wildman–Crippen MR) is 64.7 cm³/mol. The lowest BCUT2D eigenvalue weighted by Crippen LogP contribution is -2.23. The highest BCUT2D eigenvalue weighted by Crippen LogP contribution is 2.25. The number of benzene rings is 1. The lowest BCUT2D eigenvalue weighted by molar-refractivity contribution is -0.384. The number of aryl methyl sites for hydroxylation is 1. The molecule has 0 aliphatic rings. The van der Waals surface area contributed by atoms with Crippen molar-refractivity contribution in [1.82, 2.24) is 14.3 Å². The van der Waals surface area contributed by atoms with Gasteiger partial charge in [-0.2, -0.15) is 5.10 Å². The van der Waals surface area contributed by atoms with Gasteiger partial charge in [-0.05, 0) is 11.6 Å². The second kappa shape index (κ2) is 4.61. The van der Waals surface area contributed by atoms with E-state index >= 15 is 0 Å². The average Bonchev–Trinajstić information content (AvgIpc) is 2.63. The zero-order chi connectivity index (χ0) is 13.3. The third-order valence-electron chi connectivity index (χ3n) is 2.43. The van der Waals surface area contributed by atoms with Crippen molar-refractivity contribution < 1.29 is 4.92 Å². The number of hydrogen-bond acceptors (Lipinski definition) is 4. The molecule has 7 nitrogen and oxygen atoms in total. The lowest BCUT2D eigenvalue weighted by atomic mass is 10.2. The van der Waals surface area contributed by atoms with Crippen molar-refractivity contribution in [2.45, 2.75) is 6.54 Å². The Morgan fingerprint density at radius 3 is 2.78 bits per heavy atom. The van der Waals surface area contributed by atoms with Crippen LogP contribution in [0.15, 0.2) is 29.3 Å². The number of nitrogens with zero attached hydrogens (tertiary/aromatic N) is 4. The maximum Gasteiger partial charge on any atom is 0.345 e. The molecule has 0 aliphatic heterocycles. The maximum absolute atomic E-state index is 11.6. The molecule has 0 aliphatic carbocycles. The number of nitro groups is 1. The van der Waals surface area contributed by atoms with Gasteiger partial charge < -0.3 is 0 Å². The molecule has 8 heteroatoms. The summed E-state index contributed by atoms with van der Waals surface area (Å²) in [5, 5.41) is 14.7. The summed E-state index contributed by atoms with van der Waals surface area (Å²) in [5.74, 6) is 0. The van der Waals surface area contributed by atoms with E-state index in [4.69, 9.17) is 11.6 Å². The van der Waals surface area contributed by atoms with Gasteiger partial charge in [0.15, 0.2) is 0 Å². The first-order valence-corrected chi connectivity index (χ1v) is 5.38. The fraction of sp³-hybridized carbons (Fsp3) is 0.200. The predicted octanol–water partition coefficient (Wildman–Crippen LogP) is 1.19. The fourth-order valence-corrected chi connectivity index (χ4v) is 1.69. The van der Waals surface area contributed by atoms with Crippen molar-refractivity contribution in [1.29, 1.82) is 0 Å². The first-order valence-electron chi connectivity index (χ1n) is 5.00. The summed E-state index contributed by atoms with van der Waals surface area (Å²) in [6, 6.07) is 4.39. The Balaban J connectivity index is 2.36. The summed E-state index contributed by atoms with van der Waals surface area (Å²) >= 11 is 5.70. The minimum atomic E-state index is -0.562. The summed E-state index contributed by atoms with van der Waals surface area (Å²) in [4.78, 5) is 21.7. The second-order valence-electron chi connectivity index (χ2n) is 3.72. The van der Waals surface area contributed by atoms with Crippen LogP contribution < -0.4 is 5.69 Å². The molecule has 0 saturated carbocycles. The monoisotopic (exact) mass is 268 g/mol. The van der Waals surface area contributed by atoms with Gasteiger partial charge in [-0.25, -0.2) is 9.48 Å². The van der Waals surface area contributed by atoms with E-state index in [1.54, 1.807) is 13.1 Å². The van der Waals surface area contributed by atoms with E-state index in [1.807, 2.05) is 0 Å². The average molecular weight is 269 g/mol. The fourth-order valence-electron chi connectivity index (χ4n) is 1.50. The molecule has 1 heterocycles. The number of nitro benzene ring substituents is 1. The molecule has 18 heavy (non-hydrogen) atoms. The van der Waals surface area contributed by atoms with Gasteiger partial charge in [0, 0.05) is 13.1 Å². The van der Waals surface area contributed by atoms with E-state index in [9.17, 15) is 14.9 Å². The molecule has 1 aromatic carbocycles. The van der Waals surface area contributed by atoms with E-state index < -0.39 is 4.92 Å². The van der Waals surface area contributed by atoms with E-state index in [0.717, 1.165) is 0 Å². The number of hydrogen-bond donors (Lipinski definition) is 0. The van der Waals surface area contributed by atoms with Crippen LogP contribution in [0.3, 0.4) is 0 Å². The lowest BCUT2D eigenvalue weighted by Gasteiger charge is -2.01. The molecule has 0 unspecified atom stereocenters. The van der Waals surface area contributed by atoms with Crippen molar-refractivity contribution in [3.8, 4) is 0 Å². The summed E-state index contributed by atoms with van der Waals surface area (Å²) in [7, 11) is 1.58. The largest absolute Gasteiger partial charge is 0.345 e. The van der Waals surface area contributed by atoms with Crippen LogP contribution in [0.25, 0.3) is 0 Å². The third-order valence-corrected chi connectivity index (χ3v) is 2.75. The quantitative estimate of drug-likeness (QED) is 0.618. The van der Waals surface area contributed by atoms with Crippen molar-refractivity contribution >= 4 is 17.3 Å². The molecule has 0 spiro atoms. The second-order valence-corrected chi connectivity index (χ2v) is 4.13.